The van der Waals surface area contributed by atoms with Crippen LogP contribution >= 0.6 is 0 Å². The van der Waals surface area contributed by atoms with Gasteiger partial charge in [-0.25, -0.2) is 0 Å². The van der Waals surface area contributed by atoms with E-state index in [0.717, 1.165) is 18.2 Å². The zero-order valence-electron chi connectivity index (χ0n) is 12.4. The highest BCUT2D eigenvalue weighted by Crippen LogP contribution is 2.49. The van der Waals surface area contributed by atoms with Crippen LogP contribution < -0.4 is 4.74 Å². The Balaban J connectivity index is 1.81. The summed E-state index contributed by atoms with van der Waals surface area (Å²) in [5.74, 6) is -1.04. The Morgan fingerprint density at radius 2 is 2.09 bits per heavy atom. The molecule has 1 aliphatic carbocycles. The molecule has 7 heteroatoms. The fourth-order valence-corrected chi connectivity index (χ4v) is 3.16. The van der Waals surface area contributed by atoms with Gasteiger partial charge in [0.1, 0.15) is 11.4 Å². The molecular formula is C16H15F3O4. The largest absolute Gasteiger partial charge is 0.486 e. The summed E-state index contributed by atoms with van der Waals surface area (Å²) in [4.78, 5) is 23.8. The van der Waals surface area contributed by atoms with Gasteiger partial charge in [0.15, 0.2) is 5.78 Å². The lowest BCUT2D eigenvalue weighted by Crippen LogP contribution is -2.54. The lowest BCUT2D eigenvalue weighted by molar-refractivity contribution is -0.161. The number of hydrogen-bond acceptors (Lipinski definition) is 4. The molecule has 0 unspecified atom stereocenters. The van der Waals surface area contributed by atoms with Crippen molar-refractivity contribution in [2.45, 2.75) is 38.0 Å². The van der Waals surface area contributed by atoms with Gasteiger partial charge in [-0.05, 0) is 25.1 Å². The summed E-state index contributed by atoms with van der Waals surface area (Å²) < 4.78 is 49.0. The van der Waals surface area contributed by atoms with Crippen LogP contribution in [0.15, 0.2) is 18.2 Å². The SMILES string of the molecule is CCOC(=O)C1CC2(CC(=O)c3ccc(C(F)(F)F)cc3O2)C1. The normalized spacial score (nSPS) is 26.3. The molecule has 23 heavy (non-hydrogen) atoms. The maximum absolute atomic E-state index is 12.8. The number of halogens is 3. The van der Waals surface area contributed by atoms with Crippen molar-refractivity contribution in [1.29, 1.82) is 0 Å². The van der Waals surface area contributed by atoms with Gasteiger partial charge in [-0.1, -0.05) is 0 Å². The zero-order chi connectivity index (χ0) is 16.8. The Kier molecular flexibility index (Phi) is 3.61. The van der Waals surface area contributed by atoms with Crippen LogP contribution in [0.4, 0.5) is 13.2 Å². The minimum Gasteiger partial charge on any atom is -0.486 e. The van der Waals surface area contributed by atoms with Crippen LogP contribution in [0.25, 0.3) is 0 Å². The molecule has 1 spiro atoms. The summed E-state index contributed by atoms with van der Waals surface area (Å²) >= 11 is 0. The number of alkyl halides is 3. The summed E-state index contributed by atoms with van der Waals surface area (Å²) in [7, 11) is 0. The Bertz CT molecular complexity index is 660. The molecule has 4 nitrogen and oxygen atoms in total. The Morgan fingerprint density at radius 3 is 2.70 bits per heavy atom. The van der Waals surface area contributed by atoms with E-state index in [9.17, 15) is 22.8 Å². The zero-order valence-corrected chi connectivity index (χ0v) is 12.4. The van der Waals surface area contributed by atoms with Gasteiger partial charge in [0, 0.05) is 12.8 Å². The molecule has 0 amide bonds. The topological polar surface area (TPSA) is 52.6 Å². The molecule has 1 saturated carbocycles. The van der Waals surface area contributed by atoms with Crippen LogP contribution in [-0.4, -0.2) is 24.0 Å². The molecule has 124 valence electrons. The first-order valence-corrected chi connectivity index (χ1v) is 7.34. The van der Waals surface area contributed by atoms with Crippen LogP contribution in [0, 0.1) is 5.92 Å². The van der Waals surface area contributed by atoms with E-state index >= 15 is 0 Å². The van der Waals surface area contributed by atoms with Gasteiger partial charge in [-0.2, -0.15) is 13.2 Å². The number of esters is 1. The van der Waals surface area contributed by atoms with E-state index in [0.29, 0.717) is 0 Å². The number of hydrogen-bond donors (Lipinski definition) is 0. The molecule has 0 bridgehead atoms. The average Bonchev–Trinajstić information content (AvgIpc) is 2.43. The monoisotopic (exact) mass is 328 g/mol. The predicted octanol–water partition coefficient (Wildman–Crippen LogP) is 3.38. The Labute approximate surface area is 130 Å². The number of fused-ring (bicyclic) bond motifs is 1. The molecule has 1 fully saturated rings. The van der Waals surface area contributed by atoms with Crippen molar-refractivity contribution >= 4 is 11.8 Å². The number of carbonyl (C=O) groups is 2. The van der Waals surface area contributed by atoms with Crippen LogP contribution in [-0.2, 0) is 15.7 Å². The number of carbonyl (C=O) groups excluding carboxylic acids is 2. The van der Waals surface area contributed by atoms with Gasteiger partial charge in [0.05, 0.1) is 30.1 Å². The maximum Gasteiger partial charge on any atom is 0.416 e. The second-order valence-electron chi connectivity index (χ2n) is 5.95. The molecule has 0 aromatic heterocycles. The number of rotatable bonds is 2. The number of ketones is 1. The third kappa shape index (κ3) is 2.80. The van der Waals surface area contributed by atoms with E-state index in [4.69, 9.17) is 9.47 Å². The van der Waals surface area contributed by atoms with Gasteiger partial charge >= 0.3 is 12.1 Å². The van der Waals surface area contributed by atoms with Gasteiger partial charge in [0.2, 0.25) is 0 Å². The van der Waals surface area contributed by atoms with Gasteiger partial charge in [-0.15, -0.1) is 0 Å². The van der Waals surface area contributed by atoms with Crippen LogP contribution in [0.2, 0.25) is 0 Å². The standard InChI is InChI=1S/C16H15F3O4/c1-2-22-14(21)9-6-15(7-9)8-12(20)11-4-3-10(16(17,18)19)5-13(11)23-15/h3-5,9H,2,6-8H2,1H3. The molecule has 2 aliphatic rings. The molecule has 1 aromatic carbocycles. The van der Waals surface area contributed by atoms with Crippen molar-refractivity contribution in [1.82, 2.24) is 0 Å². The Morgan fingerprint density at radius 1 is 1.39 bits per heavy atom. The molecular weight excluding hydrogens is 313 g/mol. The third-order valence-corrected chi connectivity index (χ3v) is 4.28. The van der Waals surface area contributed by atoms with E-state index in [1.54, 1.807) is 6.92 Å². The first kappa shape index (κ1) is 15.8. The molecule has 0 radical (unpaired) electrons. The smallest absolute Gasteiger partial charge is 0.416 e. The highest BCUT2D eigenvalue weighted by molar-refractivity contribution is 6.00. The van der Waals surface area contributed by atoms with Crippen molar-refractivity contribution in [3.8, 4) is 5.75 Å². The van der Waals surface area contributed by atoms with Gasteiger partial charge in [0.25, 0.3) is 0 Å². The molecule has 3 rings (SSSR count). The fourth-order valence-electron chi connectivity index (χ4n) is 3.16. The van der Waals surface area contributed by atoms with Gasteiger partial charge < -0.3 is 9.47 Å². The second kappa shape index (κ2) is 5.25. The summed E-state index contributed by atoms with van der Waals surface area (Å²) in [6.45, 7) is 1.96. The van der Waals surface area contributed by atoms with Crippen molar-refractivity contribution in [3.63, 3.8) is 0 Å². The van der Waals surface area contributed by atoms with E-state index in [-0.39, 0.29) is 54.9 Å². The highest BCUT2D eigenvalue weighted by Gasteiger charge is 2.53. The summed E-state index contributed by atoms with van der Waals surface area (Å²) in [6, 6.07) is 2.88. The first-order valence-electron chi connectivity index (χ1n) is 7.34. The average molecular weight is 328 g/mol. The van der Waals surface area contributed by atoms with Gasteiger partial charge in [-0.3, -0.25) is 9.59 Å². The number of Topliss-reactive ketones (excluding diaryl/α,β-unsaturated/α-hetero) is 1. The quantitative estimate of drug-likeness (QED) is 0.781. The number of benzene rings is 1. The molecule has 0 saturated heterocycles. The first-order chi connectivity index (χ1) is 10.7. The van der Waals surface area contributed by atoms with Crippen molar-refractivity contribution < 1.29 is 32.2 Å². The van der Waals surface area contributed by atoms with E-state index < -0.39 is 17.3 Å². The van der Waals surface area contributed by atoms with Crippen molar-refractivity contribution in [2.24, 2.45) is 5.92 Å². The highest BCUT2D eigenvalue weighted by atomic mass is 19.4. The summed E-state index contributed by atoms with van der Waals surface area (Å²) in [5, 5.41) is 0. The lowest BCUT2D eigenvalue weighted by atomic mass is 9.67. The van der Waals surface area contributed by atoms with Crippen molar-refractivity contribution in [2.75, 3.05) is 6.61 Å². The number of ether oxygens (including phenoxy) is 2. The van der Waals surface area contributed by atoms with Crippen LogP contribution in [0.5, 0.6) is 5.75 Å². The predicted molar refractivity (Wildman–Crippen MR) is 73.1 cm³/mol. The molecule has 1 heterocycles. The van der Waals surface area contributed by atoms with Crippen molar-refractivity contribution in [3.05, 3.63) is 29.3 Å². The van der Waals surface area contributed by atoms with Crippen LogP contribution in [0.1, 0.15) is 42.1 Å². The second-order valence-corrected chi connectivity index (χ2v) is 5.95. The minimum atomic E-state index is -4.50. The molecule has 0 N–H and O–H groups in total. The molecule has 0 atom stereocenters. The Hall–Kier alpha value is -2.05. The molecule has 1 aliphatic heterocycles. The van der Waals surface area contributed by atoms with Crippen LogP contribution in [0.3, 0.4) is 0 Å². The lowest BCUT2D eigenvalue weighted by Gasteiger charge is -2.48. The minimum absolute atomic E-state index is 0.0571. The molecule has 1 aromatic rings. The van der Waals surface area contributed by atoms with E-state index in [1.807, 2.05) is 0 Å². The maximum atomic E-state index is 12.8. The fraction of sp³-hybridized carbons (Fsp3) is 0.500. The summed E-state index contributed by atoms with van der Waals surface area (Å²) in [6.07, 6.45) is -3.86. The van der Waals surface area contributed by atoms with E-state index in [1.165, 1.54) is 0 Å². The summed E-state index contributed by atoms with van der Waals surface area (Å²) in [5.41, 5.74) is -1.59. The third-order valence-electron chi connectivity index (χ3n) is 4.28. The van der Waals surface area contributed by atoms with E-state index in [2.05, 4.69) is 0 Å².